The van der Waals surface area contributed by atoms with Gasteiger partial charge in [0.2, 0.25) is 0 Å². The van der Waals surface area contributed by atoms with Gasteiger partial charge in [-0.15, -0.1) is 11.3 Å². The van der Waals surface area contributed by atoms with Crippen molar-refractivity contribution in [1.29, 1.82) is 0 Å². The van der Waals surface area contributed by atoms with Gasteiger partial charge in [0.1, 0.15) is 0 Å². The molecule has 1 aliphatic heterocycles. The molecule has 3 nitrogen and oxygen atoms in total. The molecule has 0 amide bonds. The van der Waals surface area contributed by atoms with Gasteiger partial charge in [-0.2, -0.15) is 0 Å². The summed E-state index contributed by atoms with van der Waals surface area (Å²) in [5.41, 5.74) is 1.29. The van der Waals surface area contributed by atoms with E-state index >= 15 is 0 Å². The van der Waals surface area contributed by atoms with Crippen molar-refractivity contribution >= 4 is 11.3 Å². The van der Waals surface area contributed by atoms with Crippen LogP contribution < -0.4 is 5.32 Å². The van der Waals surface area contributed by atoms with E-state index in [1.807, 2.05) is 7.05 Å². The minimum Gasteiger partial charge on any atom is -0.381 e. The summed E-state index contributed by atoms with van der Waals surface area (Å²) in [6.07, 6.45) is 3.31. The molecule has 0 atom stereocenters. The molecular formula is C11H18N2OS. The number of ether oxygens (including phenoxy) is 1. The Balaban J connectivity index is 1.93. The van der Waals surface area contributed by atoms with Gasteiger partial charge in [0.25, 0.3) is 0 Å². The Morgan fingerprint density at radius 3 is 3.07 bits per heavy atom. The molecular weight excluding hydrogens is 208 g/mol. The second-order valence-corrected chi connectivity index (χ2v) is 4.85. The molecule has 1 saturated heterocycles. The molecule has 1 fully saturated rings. The molecule has 0 unspecified atom stereocenters. The van der Waals surface area contributed by atoms with Gasteiger partial charge >= 0.3 is 0 Å². The summed E-state index contributed by atoms with van der Waals surface area (Å²) in [6, 6.07) is 0. The zero-order valence-electron chi connectivity index (χ0n) is 9.16. The lowest BCUT2D eigenvalue weighted by molar-refractivity contribution is 0.0846. The Labute approximate surface area is 94.9 Å². The van der Waals surface area contributed by atoms with E-state index in [9.17, 15) is 0 Å². The smallest absolute Gasteiger partial charge is 0.0941 e. The van der Waals surface area contributed by atoms with Crippen LogP contribution in [-0.2, 0) is 11.2 Å². The monoisotopic (exact) mass is 226 g/mol. The molecule has 84 valence electrons. The van der Waals surface area contributed by atoms with Gasteiger partial charge < -0.3 is 10.1 Å². The molecule has 0 aliphatic carbocycles. The maximum absolute atomic E-state index is 5.36. The Hall–Kier alpha value is -0.450. The van der Waals surface area contributed by atoms with E-state index in [2.05, 4.69) is 10.7 Å². The molecule has 0 radical (unpaired) electrons. The summed E-state index contributed by atoms with van der Waals surface area (Å²) in [5, 5.41) is 6.63. The lowest BCUT2D eigenvalue weighted by atomic mass is 9.98. The highest BCUT2D eigenvalue weighted by Crippen LogP contribution is 2.27. The van der Waals surface area contributed by atoms with E-state index in [-0.39, 0.29) is 0 Å². The van der Waals surface area contributed by atoms with Crippen molar-refractivity contribution in [2.75, 3.05) is 26.8 Å². The van der Waals surface area contributed by atoms with Crippen LogP contribution in [0.1, 0.15) is 29.5 Å². The third kappa shape index (κ3) is 3.00. The van der Waals surface area contributed by atoms with Crippen LogP contribution in [0.15, 0.2) is 5.38 Å². The number of aromatic nitrogens is 1. The second kappa shape index (κ2) is 5.58. The van der Waals surface area contributed by atoms with Crippen LogP contribution in [0.5, 0.6) is 0 Å². The van der Waals surface area contributed by atoms with E-state index in [0.717, 1.165) is 39.0 Å². The molecule has 1 aliphatic rings. The number of nitrogens with one attached hydrogen (secondary N) is 1. The van der Waals surface area contributed by atoms with Crippen molar-refractivity contribution in [3.8, 4) is 0 Å². The Bertz CT molecular complexity index is 295. The molecule has 0 bridgehead atoms. The molecule has 2 rings (SSSR count). The van der Waals surface area contributed by atoms with E-state index in [1.54, 1.807) is 11.3 Å². The Morgan fingerprint density at radius 1 is 1.53 bits per heavy atom. The van der Waals surface area contributed by atoms with Crippen molar-refractivity contribution in [2.45, 2.75) is 25.2 Å². The van der Waals surface area contributed by atoms with Crippen molar-refractivity contribution in [1.82, 2.24) is 10.3 Å². The largest absolute Gasteiger partial charge is 0.381 e. The predicted molar refractivity (Wildman–Crippen MR) is 62.5 cm³/mol. The molecule has 0 saturated carbocycles. The van der Waals surface area contributed by atoms with Crippen LogP contribution in [-0.4, -0.2) is 31.8 Å². The first kappa shape index (κ1) is 11.0. The lowest BCUT2D eigenvalue weighted by Gasteiger charge is -2.19. The highest BCUT2D eigenvalue weighted by Gasteiger charge is 2.18. The second-order valence-electron chi connectivity index (χ2n) is 3.91. The Morgan fingerprint density at radius 2 is 2.33 bits per heavy atom. The molecule has 1 aromatic rings. The maximum atomic E-state index is 5.36. The molecule has 0 spiro atoms. The number of rotatable bonds is 4. The van der Waals surface area contributed by atoms with Crippen molar-refractivity contribution < 1.29 is 4.74 Å². The normalized spacial score (nSPS) is 18.2. The summed E-state index contributed by atoms with van der Waals surface area (Å²) >= 11 is 1.79. The van der Waals surface area contributed by atoms with Crippen LogP contribution in [0.3, 0.4) is 0 Å². The standard InChI is InChI=1S/C11H18N2OS/c1-12-5-2-11-13-10(8-15-11)9-3-6-14-7-4-9/h8-9,12H,2-7H2,1H3. The first-order valence-electron chi connectivity index (χ1n) is 5.57. The highest BCUT2D eigenvalue weighted by molar-refractivity contribution is 7.09. The van der Waals surface area contributed by atoms with E-state index in [4.69, 9.17) is 9.72 Å². The zero-order valence-corrected chi connectivity index (χ0v) is 9.98. The van der Waals surface area contributed by atoms with E-state index in [0.29, 0.717) is 5.92 Å². The van der Waals surface area contributed by atoms with E-state index < -0.39 is 0 Å². The molecule has 15 heavy (non-hydrogen) atoms. The zero-order chi connectivity index (χ0) is 10.5. The summed E-state index contributed by atoms with van der Waals surface area (Å²) in [6.45, 7) is 2.81. The SMILES string of the molecule is CNCCc1nc(C2CCOCC2)cs1. The fourth-order valence-corrected chi connectivity index (χ4v) is 2.73. The fraction of sp³-hybridized carbons (Fsp3) is 0.727. The molecule has 0 aromatic carbocycles. The number of nitrogens with zero attached hydrogens (tertiary/aromatic N) is 1. The first-order chi connectivity index (χ1) is 7.40. The van der Waals surface area contributed by atoms with Crippen LogP contribution in [0, 0.1) is 0 Å². The molecule has 1 N–H and O–H groups in total. The summed E-state index contributed by atoms with van der Waals surface area (Å²) < 4.78 is 5.36. The lowest BCUT2D eigenvalue weighted by Crippen LogP contribution is -2.14. The number of likely N-dealkylation sites (N-methyl/N-ethyl adjacent to an activating group) is 1. The number of hydrogen-bond acceptors (Lipinski definition) is 4. The van der Waals surface area contributed by atoms with Gasteiger partial charge in [-0.25, -0.2) is 4.98 Å². The van der Waals surface area contributed by atoms with Gasteiger partial charge in [-0.1, -0.05) is 0 Å². The quantitative estimate of drug-likeness (QED) is 0.850. The minimum absolute atomic E-state index is 0.637. The predicted octanol–water partition coefficient (Wildman–Crippen LogP) is 1.80. The molecule has 1 aromatic heterocycles. The minimum atomic E-state index is 0.637. The van der Waals surface area contributed by atoms with Crippen LogP contribution in [0.4, 0.5) is 0 Å². The average molecular weight is 226 g/mol. The highest BCUT2D eigenvalue weighted by atomic mass is 32.1. The van der Waals surface area contributed by atoms with Gasteiger partial charge in [-0.05, 0) is 19.9 Å². The molecule has 4 heteroatoms. The Kier molecular flexibility index (Phi) is 4.11. The average Bonchev–Trinajstić information content (AvgIpc) is 2.76. The maximum Gasteiger partial charge on any atom is 0.0941 e. The number of thiazole rings is 1. The van der Waals surface area contributed by atoms with Gasteiger partial charge in [0, 0.05) is 37.5 Å². The summed E-state index contributed by atoms with van der Waals surface area (Å²) in [7, 11) is 1.98. The van der Waals surface area contributed by atoms with Crippen LogP contribution in [0.2, 0.25) is 0 Å². The summed E-state index contributed by atoms with van der Waals surface area (Å²) in [5.74, 6) is 0.637. The third-order valence-electron chi connectivity index (χ3n) is 2.80. The van der Waals surface area contributed by atoms with Crippen LogP contribution in [0.25, 0.3) is 0 Å². The fourth-order valence-electron chi connectivity index (χ4n) is 1.85. The molecule has 2 heterocycles. The van der Waals surface area contributed by atoms with Crippen molar-refractivity contribution in [2.24, 2.45) is 0 Å². The van der Waals surface area contributed by atoms with Gasteiger partial charge in [0.15, 0.2) is 0 Å². The van der Waals surface area contributed by atoms with E-state index in [1.165, 1.54) is 10.7 Å². The first-order valence-corrected chi connectivity index (χ1v) is 6.44. The van der Waals surface area contributed by atoms with Gasteiger partial charge in [0.05, 0.1) is 10.7 Å². The topological polar surface area (TPSA) is 34.2 Å². The summed E-state index contributed by atoms with van der Waals surface area (Å²) in [4.78, 5) is 4.69. The van der Waals surface area contributed by atoms with Crippen molar-refractivity contribution in [3.63, 3.8) is 0 Å². The van der Waals surface area contributed by atoms with Crippen LogP contribution >= 0.6 is 11.3 Å². The number of hydrogen-bond donors (Lipinski definition) is 1. The van der Waals surface area contributed by atoms with Crippen molar-refractivity contribution in [3.05, 3.63) is 16.1 Å². The van der Waals surface area contributed by atoms with Gasteiger partial charge in [-0.3, -0.25) is 0 Å². The third-order valence-corrected chi connectivity index (χ3v) is 3.72.